The molecule has 1 heterocycles. The molecule has 1 N–H and O–H groups in total. The quantitative estimate of drug-likeness (QED) is 0.514. The Morgan fingerprint density at radius 3 is 2.89 bits per heavy atom. The van der Waals surface area contributed by atoms with E-state index in [0.29, 0.717) is 19.5 Å². The van der Waals surface area contributed by atoms with Crippen LogP contribution in [0.25, 0.3) is 0 Å². The van der Waals surface area contributed by atoms with Gasteiger partial charge < -0.3 is 5.32 Å². The van der Waals surface area contributed by atoms with Gasteiger partial charge in [0.1, 0.15) is 6.17 Å². The van der Waals surface area contributed by atoms with E-state index in [-0.39, 0.29) is 0 Å². The van der Waals surface area contributed by atoms with Crippen LogP contribution in [0.5, 0.6) is 0 Å². The molecule has 0 bridgehead atoms. The normalized spacial score (nSPS) is 35.6. The average molecular weight is 128 g/mol. The zero-order valence-corrected chi connectivity index (χ0v) is 5.10. The highest BCUT2D eigenvalue weighted by Gasteiger charge is 2.23. The zero-order valence-electron chi connectivity index (χ0n) is 5.10. The van der Waals surface area contributed by atoms with Crippen molar-refractivity contribution in [3.63, 3.8) is 0 Å². The molecule has 0 amide bonds. The first-order valence-electron chi connectivity index (χ1n) is 3.09. The van der Waals surface area contributed by atoms with Crippen molar-refractivity contribution in [2.24, 2.45) is 5.92 Å². The van der Waals surface area contributed by atoms with Gasteiger partial charge in [-0.05, 0) is 13.0 Å². The molecule has 0 aromatic carbocycles. The number of nitrogens with zero attached hydrogens (tertiary/aromatic N) is 1. The predicted molar refractivity (Wildman–Crippen MR) is 31.5 cm³/mol. The average Bonchev–Trinajstić information content (AvgIpc) is 1.89. The molecule has 1 rings (SSSR count). The SMILES string of the molecule is N#C[C@@H]1CNCC[C@@H]1F. The second-order valence-corrected chi connectivity index (χ2v) is 2.24. The van der Waals surface area contributed by atoms with Crippen molar-refractivity contribution < 1.29 is 4.39 Å². The highest BCUT2D eigenvalue weighted by Crippen LogP contribution is 2.13. The van der Waals surface area contributed by atoms with E-state index in [4.69, 9.17) is 5.26 Å². The third-order valence-electron chi connectivity index (χ3n) is 1.56. The standard InChI is InChI=1S/C6H9FN2/c7-6-1-2-9-4-5(6)3-8/h5-6,9H,1-2,4H2/t5-,6+/m1/s1. The Bertz CT molecular complexity index is 130. The van der Waals surface area contributed by atoms with Crippen LogP contribution in [0.3, 0.4) is 0 Å². The summed E-state index contributed by atoms with van der Waals surface area (Å²) in [5.41, 5.74) is 0. The fourth-order valence-corrected chi connectivity index (χ4v) is 0.953. The number of piperidine rings is 1. The van der Waals surface area contributed by atoms with Crippen LogP contribution in [0, 0.1) is 17.2 Å². The molecule has 0 unspecified atom stereocenters. The maximum absolute atomic E-state index is 12.6. The Balaban J connectivity index is 2.41. The number of halogens is 1. The number of nitrogens with one attached hydrogen (secondary N) is 1. The van der Waals surface area contributed by atoms with Crippen molar-refractivity contribution in [3.05, 3.63) is 0 Å². The Morgan fingerprint density at radius 2 is 2.44 bits per heavy atom. The van der Waals surface area contributed by atoms with E-state index in [9.17, 15) is 4.39 Å². The topological polar surface area (TPSA) is 35.8 Å². The van der Waals surface area contributed by atoms with E-state index in [1.165, 1.54) is 0 Å². The third-order valence-corrected chi connectivity index (χ3v) is 1.56. The molecule has 0 spiro atoms. The molecule has 0 aliphatic carbocycles. The number of alkyl halides is 1. The van der Waals surface area contributed by atoms with Gasteiger partial charge in [0.15, 0.2) is 0 Å². The molecule has 1 aliphatic heterocycles. The molecule has 0 aromatic heterocycles. The van der Waals surface area contributed by atoms with Gasteiger partial charge in [0, 0.05) is 6.54 Å². The summed E-state index contributed by atoms with van der Waals surface area (Å²) in [6, 6.07) is 1.92. The molecular formula is C6H9FN2. The monoisotopic (exact) mass is 128 g/mol. The molecule has 2 atom stereocenters. The van der Waals surface area contributed by atoms with E-state index in [0.717, 1.165) is 0 Å². The molecule has 9 heavy (non-hydrogen) atoms. The van der Waals surface area contributed by atoms with E-state index in [1.54, 1.807) is 0 Å². The fourth-order valence-electron chi connectivity index (χ4n) is 0.953. The number of nitriles is 1. The first kappa shape index (κ1) is 6.50. The van der Waals surface area contributed by atoms with Gasteiger partial charge in [-0.3, -0.25) is 0 Å². The van der Waals surface area contributed by atoms with Crippen LogP contribution in [0.1, 0.15) is 6.42 Å². The predicted octanol–water partition coefficient (Wildman–Crippen LogP) is 0.458. The Labute approximate surface area is 53.7 Å². The van der Waals surface area contributed by atoms with Gasteiger partial charge in [-0.1, -0.05) is 0 Å². The van der Waals surface area contributed by atoms with Crippen LogP contribution < -0.4 is 5.32 Å². The minimum Gasteiger partial charge on any atom is -0.315 e. The van der Waals surface area contributed by atoms with Gasteiger partial charge in [0.05, 0.1) is 12.0 Å². The maximum atomic E-state index is 12.6. The van der Waals surface area contributed by atoms with Crippen LogP contribution in [-0.2, 0) is 0 Å². The van der Waals surface area contributed by atoms with Crippen LogP contribution in [0.4, 0.5) is 4.39 Å². The van der Waals surface area contributed by atoms with Gasteiger partial charge >= 0.3 is 0 Å². The summed E-state index contributed by atoms with van der Waals surface area (Å²) in [7, 11) is 0. The molecule has 3 heteroatoms. The molecule has 1 aliphatic rings. The molecule has 50 valence electrons. The smallest absolute Gasteiger partial charge is 0.118 e. The number of hydrogen-bond acceptors (Lipinski definition) is 2. The number of hydrogen-bond donors (Lipinski definition) is 1. The second-order valence-electron chi connectivity index (χ2n) is 2.24. The minimum absolute atomic E-state index is 0.418. The lowest BCUT2D eigenvalue weighted by Gasteiger charge is -2.20. The van der Waals surface area contributed by atoms with Crippen molar-refractivity contribution in [1.29, 1.82) is 5.26 Å². The molecular weight excluding hydrogens is 119 g/mol. The van der Waals surface area contributed by atoms with Gasteiger partial charge in [-0.2, -0.15) is 5.26 Å². The van der Waals surface area contributed by atoms with Crippen LogP contribution in [0.15, 0.2) is 0 Å². The molecule has 0 aromatic rings. The Morgan fingerprint density at radius 1 is 1.67 bits per heavy atom. The summed E-state index contributed by atoms with van der Waals surface area (Å²) in [4.78, 5) is 0. The van der Waals surface area contributed by atoms with Gasteiger partial charge in [-0.25, -0.2) is 4.39 Å². The van der Waals surface area contributed by atoms with E-state index >= 15 is 0 Å². The lowest BCUT2D eigenvalue weighted by atomic mass is 9.99. The fraction of sp³-hybridized carbons (Fsp3) is 0.833. The first-order chi connectivity index (χ1) is 4.34. The Hall–Kier alpha value is -0.620. The first-order valence-corrected chi connectivity index (χ1v) is 3.09. The zero-order chi connectivity index (χ0) is 6.69. The van der Waals surface area contributed by atoms with E-state index < -0.39 is 12.1 Å². The largest absolute Gasteiger partial charge is 0.315 e. The van der Waals surface area contributed by atoms with Crippen molar-refractivity contribution in [1.82, 2.24) is 5.32 Å². The third kappa shape index (κ3) is 1.39. The van der Waals surface area contributed by atoms with Crippen LogP contribution in [0.2, 0.25) is 0 Å². The summed E-state index contributed by atoms with van der Waals surface area (Å²) in [5.74, 6) is -0.418. The molecule has 1 fully saturated rings. The van der Waals surface area contributed by atoms with Crippen molar-refractivity contribution in [3.8, 4) is 6.07 Å². The van der Waals surface area contributed by atoms with Crippen LogP contribution in [-0.4, -0.2) is 19.3 Å². The summed E-state index contributed by atoms with van der Waals surface area (Å²) < 4.78 is 12.6. The van der Waals surface area contributed by atoms with Gasteiger partial charge in [-0.15, -0.1) is 0 Å². The lowest BCUT2D eigenvalue weighted by Crippen LogP contribution is -2.36. The molecule has 0 saturated carbocycles. The van der Waals surface area contributed by atoms with Gasteiger partial charge in [0.25, 0.3) is 0 Å². The lowest BCUT2D eigenvalue weighted by molar-refractivity contribution is 0.216. The minimum atomic E-state index is -0.906. The van der Waals surface area contributed by atoms with Gasteiger partial charge in [0.2, 0.25) is 0 Å². The molecule has 2 nitrogen and oxygen atoms in total. The highest BCUT2D eigenvalue weighted by atomic mass is 19.1. The number of rotatable bonds is 0. The summed E-state index contributed by atoms with van der Waals surface area (Å²) in [5, 5.41) is 11.3. The second kappa shape index (κ2) is 2.79. The van der Waals surface area contributed by atoms with E-state index in [2.05, 4.69) is 5.32 Å². The van der Waals surface area contributed by atoms with Crippen molar-refractivity contribution in [2.75, 3.05) is 13.1 Å². The van der Waals surface area contributed by atoms with Crippen molar-refractivity contribution in [2.45, 2.75) is 12.6 Å². The van der Waals surface area contributed by atoms with Crippen molar-refractivity contribution >= 4 is 0 Å². The maximum Gasteiger partial charge on any atom is 0.118 e. The molecule has 1 saturated heterocycles. The van der Waals surface area contributed by atoms with Crippen LogP contribution >= 0.6 is 0 Å². The highest BCUT2D eigenvalue weighted by molar-refractivity contribution is 4.92. The van der Waals surface area contributed by atoms with E-state index in [1.807, 2.05) is 6.07 Å². The molecule has 0 radical (unpaired) electrons. The summed E-state index contributed by atoms with van der Waals surface area (Å²) in [6.07, 6.45) is -0.422. The summed E-state index contributed by atoms with van der Waals surface area (Å²) in [6.45, 7) is 1.22. The summed E-state index contributed by atoms with van der Waals surface area (Å²) >= 11 is 0. The Kier molecular flexibility index (Phi) is 2.01.